The summed E-state index contributed by atoms with van der Waals surface area (Å²) in [6.45, 7) is 2.49. The predicted octanol–water partition coefficient (Wildman–Crippen LogP) is 4.04. The molecule has 0 bridgehead atoms. The number of piperidine rings is 1. The first-order chi connectivity index (χ1) is 10.7. The van der Waals surface area contributed by atoms with Gasteiger partial charge in [0, 0.05) is 36.9 Å². The van der Waals surface area contributed by atoms with Gasteiger partial charge in [-0.05, 0) is 37.1 Å². The molecule has 1 heterocycles. The fourth-order valence-electron chi connectivity index (χ4n) is 2.92. The van der Waals surface area contributed by atoms with Gasteiger partial charge in [0.05, 0.1) is 0 Å². The van der Waals surface area contributed by atoms with Crippen LogP contribution < -0.4 is 5.32 Å². The van der Waals surface area contributed by atoms with E-state index in [4.69, 9.17) is 0 Å². The van der Waals surface area contributed by atoms with Crippen LogP contribution in [0.15, 0.2) is 48.5 Å². The number of anilines is 1. The van der Waals surface area contributed by atoms with Crippen LogP contribution in [0.4, 0.5) is 14.5 Å². The third-order valence-corrected chi connectivity index (χ3v) is 4.13. The Hall–Kier alpha value is -1.94. The summed E-state index contributed by atoms with van der Waals surface area (Å²) in [6, 6.07) is 13.8. The minimum Gasteiger partial charge on any atom is -0.382 e. The highest BCUT2D eigenvalue weighted by molar-refractivity contribution is 5.44. The molecular formula is C18H20F2N2. The number of hydrogen-bond donors (Lipinski definition) is 1. The molecular weight excluding hydrogens is 282 g/mol. The fraction of sp³-hybridized carbons (Fsp3) is 0.333. The van der Waals surface area contributed by atoms with E-state index >= 15 is 0 Å². The Morgan fingerprint density at radius 1 is 1.00 bits per heavy atom. The highest BCUT2D eigenvalue weighted by Gasteiger charge is 2.19. The van der Waals surface area contributed by atoms with Crippen LogP contribution in [-0.4, -0.2) is 24.0 Å². The zero-order valence-corrected chi connectivity index (χ0v) is 12.4. The molecule has 0 amide bonds. The van der Waals surface area contributed by atoms with Gasteiger partial charge in [0.2, 0.25) is 0 Å². The predicted molar refractivity (Wildman–Crippen MR) is 84.7 cm³/mol. The summed E-state index contributed by atoms with van der Waals surface area (Å²) >= 11 is 0. The SMILES string of the molecule is Fc1cccc(NC2CCN(Cc3ccccc3F)CC2)c1. The number of likely N-dealkylation sites (tertiary alicyclic amines) is 1. The molecule has 1 fully saturated rings. The van der Waals surface area contributed by atoms with Gasteiger partial charge in [-0.3, -0.25) is 4.90 Å². The van der Waals surface area contributed by atoms with E-state index in [0.717, 1.165) is 37.2 Å². The first-order valence-electron chi connectivity index (χ1n) is 7.68. The molecule has 0 aliphatic carbocycles. The van der Waals surface area contributed by atoms with Crippen LogP contribution in [0.3, 0.4) is 0 Å². The van der Waals surface area contributed by atoms with Crippen molar-refractivity contribution < 1.29 is 8.78 Å². The van der Waals surface area contributed by atoms with Crippen LogP contribution in [0, 0.1) is 11.6 Å². The van der Waals surface area contributed by atoms with Crippen molar-refractivity contribution in [2.75, 3.05) is 18.4 Å². The van der Waals surface area contributed by atoms with Crippen LogP contribution in [-0.2, 0) is 6.54 Å². The maximum absolute atomic E-state index is 13.7. The van der Waals surface area contributed by atoms with Crippen LogP contribution >= 0.6 is 0 Å². The standard InChI is InChI=1S/C18H20F2N2/c19-15-5-3-6-17(12-15)21-16-8-10-22(11-9-16)13-14-4-1-2-7-18(14)20/h1-7,12,16,21H,8-11,13H2. The lowest BCUT2D eigenvalue weighted by Crippen LogP contribution is -2.38. The molecule has 2 aromatic rings. The average molecular weight is 302 g/mol. The molecule has 0 aromatic heterocycles. The molecule has 1 N–H and O–H groups in total. The van der Waals surface area contributed by atoms with Gasteiger partial charge in [0.15, 0.2) is 0 Å². The Kier molecular flexibility index (Phi) is 4.68. The highest BCUT2D eigenvalue weighted by Crippen LogP contribution is 2.19. The second kappa shape index (κ2) is 6.88. The Morgan fingerprint density at radius 2 is 1.77 bits per heavy atom. The summed E-state index contributed by atoms with van der Waals surface area (Å²) in [5.74, 6) is -0.357. The van der Waals surface area contributed by atoms with Crippen LogP contribution in [0.25, 0.3) is 0 Å². The molecule has 0 saturated carbocycles. The Labute approximate surface area is 129 Å². The zero-order chi connectivity index (χ0) is 15.4. The highest BCUT2D eigenvalue weighted by atomic mass is 19.1. The van der Waals surface area contributed by atoms with Crippen molar-refractivity contribution in [1.29, 1.82) is 0 Å². The summed E-state index contributed by atoms with van der Waals surface area (Å²) in [5, 5.41) is 3.38. The van der Waals surface area contributed by atoms with Crippen molar-refractivity contribution in [3.05, 3.63) is 65.7 Å². The number of nitrogens with one attached hydrogen (secondary N) is 1. The van der Waals surface area contributed by atoms with Crippen LogP contribution in [0.2, 0.25) is 0 Å². The van der Waals surface area contributed by atoms with E-state index in [-0.39, 0.29) is 11.6 Å². The number of rotatable bonds is 4. The van der Waals surface area contributed by atoms with E-state index in [1.807, 2.05) is 18.2 Å². The van der Waals surface area contributed by atoms with Gasteiger partial charge in [0.25, 0.3) is 0 Å². The summed E-state index contributed by atoms with van der Waals surface area (Å²) in [5.41, 5.74) is 1.58. The molecule has 22 heavy (non-hydrogen) atoms. The average Bonchev–Trinajstić information content (AvgIpc) is 2.52. The molecule has 0 radical (unpaired) electrons. The van der Waals surface area contributed by atoms with Crippen LogP contribution in [0.5, 0.6) is 0 Å². The first-order valence-corrected chi connectivity index (χ1v) is 7.68. The topological polar surface area (TPSA) is 15.3 Å². The number of nitrogens with zero attached hydrogens (tertiary/aromatic N) is 1. The summed E-state index contributed by atoms with van der Waals surface area (Å²) in [4.78, 5) is 2.27. The lowest BCUT2D eigenvalue weighted by atomic mass is 10.0. The zero-order valence-electron chi connectivity index (χ0n) is 12.4. The second-order valence-electron chi connectivity index (χ2n) is 5.80. The molecule has 0 unspecified atom stereocenters. The molecule has 0 spiro atoms. The molecule has 4 heteroatoms. The normalized spacial score (nSPS) is 16.6. The number of benzene rings is 2. The lowest BCUT2D eigenvalue weighted by molar-refractivity contribution is 0.209. The number of hydrogen-bond acceptors (Lipinski definition) is 2. The molecule has 2 nitrogen and oxygen atoms in total. The van der Waals surface area contributed by atoms with Crippen molar-refractivity contribution in [3.63, 3.8) is 0 Å². The van der Waals surface area contributed by atoms with Gasteiger partial charge in [-0.1, -0.05) is 24.3 Å². The van der Waals surface area contributed by atoms with Gasteiger partial charge in [-0.15, -0.1) is 0 Å². The molecule has 116 valence electrons. The second-order valence-corrected chi connectivity index (χ2v) is 5.80. The maximum Gasteiger partial charge on any atom is 0.127 e. The molecule has 0 atom stereocenters. The maximum atomic E-state index is 13.7. The number of halogens is 2. The van der Waals surface area contributed by atoms with Gasteiger partial charge < -0.3 is 5.32 Å². The van der Waals surface area contributed by atoms with E-state index in [1.165, 1.54) is 18.2 Å². The Bertz CT molecular complexity index is 622. The summed E-state index contributed by atoms with van der Waals surface area (Å²) in [7, 11) is 0. The van der Waals surface area contributed by atoms with Gasteiger partial charge in [-0.2, -0.15) is 0 Å². The van der Waals surface area contributed by atoms with Gasteiger partial charge in [-0.25, -0.2) is 8.78 Å². The van der Waals surface area contributed by atoms with Gasteiger partial charge in [0.1, 0.15) is 11.6 Å². The molecule has 1 aliphatic rings. The van der Waals surface area contributed by atoms with E-state index < -0.39 is 0 Å². The van der Waals surface area contributed by atoms with E-state index in [1.54, 1.807) is 12.1 Å². The van der Waals surface area contributed by atoms with Crippen molar-refractivity contribution in [3.8, 4) is 0 Å². The van der Waals surface area contributed by atoms with Crippen LogP contribution in [0.1, 0.15) is 18.4 Å². The Morgan fingerprint density at radius 3 is 2.50 bits per heavy atom. The quantitative estimate of drug-likeness (QED) is 0.917. The third-order valence-electron chi connectivity index (χ3n) is 4.13. The fourth-order valence-corrected chi connectivity index (χ4v) is 2.92. The van der Waals surface area contributed by atoms with E-state index in [0.29, 0.717) is 12.6 Å². The third kappa shape index (κ3) is 3.83. The monoisotopic (exact) mass is 302 g/mol. The molecule has 3 rings (SSSR count). The molecule has 1 saturated heterocycles. The smallest absolute Gasteiger partial charge is 0.127 e. The van der Waals surface area contributed by atoms with E-state index in [2.05, 4.69) is 10.2 Å². The minimum atomic E-state index is -0.220. The largest absolute Gasteiger partial charge is 0.382 e. The summed E-state index contributed by atoms with van der Waals surface area (Å²) in [6.07, 6.45) is 1.95. The van der Waals surface area contributed by atoms with E-state index in [9.17, 15) is 8.78 Å². The first kappa shape index (κ1) is 15.0. The molecule has 1 aliphatic heterocycles. The Balaban J connectivity index is 1.51. The summed E-state index contributed by atoms with van der Waals surface area (Å²) < 4.78 is 26.9. The van der Waals surface area contributed by atoms with Crippen molar-refractivity contribution in [2.24, 2.45) is 0 Å². The van der Waals surface area contributed by atoms with Crippen molar-refractivity contribution in [2.45, 2.75) is 25.4 Å². The van der Waals surface area contributed by atoms with Crippen molar-refractivity contribution >= 4 is 5.69 Å². The minimum absolute atomic E-state index is 0.137. The van der Waals surface area contributed by atoms with Crippen molar-refractivity contribution in [1.82, 2.24) is 4.90 Å². The molecule has 2 aromatic carbocycles. The van der Waals surface area contributed by atoms with Gasteiger partial charge >= 0.3 is 0 Å². The lowest BCUT2D eigenvalue weighted by Gasteiger charge is -2.33.